The van der Waals surface area contributed by atoms with E-state index in [2.05, 4.69) is 20.4 Å². The minimum atomic E-state index is -0.895. The van der Waals surface area contributed by atoms with Crippen molar-refractivity contribution in [3.8, 4) is 5.75 Å². The number of ether oxygens (including phenoxy) is 1. The number of pyridine rings is 1. The van der Waals surface area contributed by atoms with Gasteiger partial charge in [-0.15, -0.1) is 0 Å². The predicted molar refractivity (Wildman–Crippen MR) is 89.8 cm³/mol. The van der Waals surface area contributed by atoms with Crippen LogP contribution in [0.5, 0.6) is 5.75 Å². The van der Waals surface area contributed by atoms with Gasteiger partial charge in [0.2, 0.25) is 5.91 Å². The summed E-state index contributed by atoms with van der Waals surface area (Å²) in [4.78, 5) is 20.6. The Bertz CT molecular complexity index is 690. The molecule has 134 valence electrons. The molecule has 0 unspecified atom stereocenters. The zero-order valence-corrected chi connectivity index (χ0v) is 14.4. The highest BCUT2D eigenvalue weighted by atomic mass is 16.5. The number of aliphatic hydroxyl groups is 1. The summed E-state index contributed by atoms with van der Waals surface area (Å²) < 4.78 is 7.35. The summed E-state index contributed by atoms with van der Waals surface area (Å²) in [7, 11) is 0. The Morgan fingerprint density at radius 2 is 2.24 bits per heavy atom. The smallest absolute Gasteiger partial charge is 0.247 e. The van der Waals surface area contributed by atoms with Crippen LogP contribution in [-0.2, 0) is 10.3 Å². The molecular formula is C17H23N5O3. The third kappa shape index (κ3) is 3.79. The summed E-state index contributed by atoms with van der Waals surface area (Å²) >= 11 is 0. The minimum absolute atomic E-state index is 0.218. The number of rotatable bonds is 5. The lowest BCUT2D eigenvalue weighted by Crippen LogP contribution is -2.56. The molecule has 1 fully saturated rings. The fourth-order valence-corrected chi connectivity index (χ4v) is 2.96. The number of aromatic nitrogens is 4. The van der Waals surface area contributed by atoms with Crippen LogP contribution in [0.2, 0.25) is 0 Å². The molecular weight excluding hydrogens is 322 g/mol. The first-order valence-corrected chi connectivity index (χ1v) is 8.39. The van der Waals surface area contributed by atoms with Crippen LogP contribution in [0.3, 0.4) is 0 Å². The van der Waals surface area contributed by atoms with Crippen molar-refractivity contribution in [1.82, 2.24) is 25.1 Å². The molecule has 1 aliphatic rings. The topological polar surface area (TPSA) is 102 Å². The molecule has 1 aliphatic carbocycles. The first-order valence-electron chi connectivity index (χ1n) is 8.39. The van der Waals surface area contributed by atoms with Crippen LogP contribution in [0.25, 0.3) is 0 Å². The van der Waals surface area contributed by atoms with Crippen LogP contribution in [0.1, 0.15) is 33.1 Å². The Morgan fingerprint density at radius 3 is 2.92 bits per heavy atom. The fraction of sp³-hybridized carbons (Fsp3) is 0.529. The molecule has 0 saturated heterocycles. The van der Waals surface area contributed by atoms with Crippen LogP contribution >= 0.6 is 0 Å². The second-order valence-corrected chi connectivity index (χ2v) is 6.75. The van der Waals surface area contributed by atoms with Gasteiger partial charge in [-0.1, -0.05) is 0 Å². The van der Waals surface area contributed by atoms with Crippen molar-refractivity contribution in [2.75, 3.05) is 0 Å². The number of carbonyl (C=O) groups excluding carboxylic acids is 1. The van der Waals surface area contributed by atoms with Crippen molar-refractivity contribution < 1.29 is 14.6 Å². The molecule has 1 saturated carbocycles. The standard InChI is InChI=1S/C17H23N5O3/c1-17(2,22-11-19-10-20-22)16(24)21-13-6-3-7-14(15(13)23)25-12-5-4-8-18-9-12/h4-5,8-11,13-15,23H,3,6-7H2,1-2H3,(H,21,24)/t13-,14-,15-/m1/s1. The maximum Gasteiger partial charge on any atom is 0.247 e. The second-order valence-electron chi connectivity index (χ2n) is 6.75. The van der Waals surface area contributed by atoms with Crippen molar-refractivity contribution in [3.05, 3.63) is 37.2 Å². The summed E-state index contributed by atoms with van der Waals surface area (Å²) in [6.07, 6.45) is 7.30. The van der Waals surface area contributed by atoms with Crippen LogP contribution < -0.4 is 10.1 Å². The van der Waals surface area contributed by atoms with Gasteiger partial charge in [0.1, 0.15) is 36.2 Å². The van der Waals surface area contributed by atoms with Crippen LogP contribution in [0, 0.1) is 0 Å². The molecule has 0 aliphatic heterocycles. The van der Waals surface area contributed by atoms with E-state index in [1.165, 1.54) is 17.3 Å². The molecule has 2 N–H and O–H groups in total. The van der Waals surface area contributed by atoms with Crippen molar-refractivity contribution >= 4 is 5.91 Å². The lowest BCUT2D eigenvalue weighted by Gasteiger charge is -2.36. The minimum Gasteiger partial charge on any atom is -0.486 e. The number of nitrogens with zero attached hydrogens (tertiary/aromatic N) is 4. The van der Waals surface area contributed by atoms with Crippen molar-refractivity contribution in [2.45, 2.75) is 56.9 Å². The van der Waals surface area contributed by atoms with Gasteiger partial charge in [-0.2, -0.15) is 5.10 Å². The molecule has 0 spiro atoms. The average Bonchev–Trinajstić information content (AvgIpc) is 3.15. The van der Waals surface area contributed by atoms with Gasteiger partial charge < -0.3 is 15.2 Å². The molecule has 25 heavy (non-hydrogen) atoms. The summed E-state index contributed by atoms with van der Waals surface area (Å²) in [5.74, 6) is 0.394. The fourth-order valence-electron chi connectivity index (χ4n) is 2.96. The van der Waals surface area contributed by atoms with E-state index in [9.17, 15) is 9.90 Å². The molecule has 3 rings (SSSR count). The van der Waals surface area contributed by atoms with E-state index in [0.717, 1.165) is 12.8 Å². The molecule has 8 nitrogen and oxygen atoms in total. The van der Waals surface area contributed by atoms with E-state index in [1.54, 1.807) is 38.4 Å². The molecule has 2 aromatic heterocycles. The highest BCUT2D eigenvalue weighted by Gasteiger charge is 2.38. The first kappa shape index (κ1) is 17.3. The van der Waals surface area contributed by atoms with Gasteiger partial charge in [-0.05, 0) is 45.2 Å². The molecule has 2 aromatic rings. The quantitative estimate of drug-likeness (QED) is 0.834. The number of hydrogen-bond donors (Lipinski definition) is 2. The first-order chi connectivity index (χ1) is 12.0. The van der Waals surface area contributed by atoms with Gasteiger partial charge in [0.15, 0.2) is 0 Å². The van der Waals surface area contributed by atoms with Crippen molar-refractivity contribution in [3.63, 3.8) is 0 Å². The highest BCUT2D eigenvalue weighted by Crippen LogP contribution is 2.25. The number of hydrogen-bond acceptors (Lipinski definition) is 6. The summed E-state index contributed by atoms with van der Waals surface area (Å²) in [5.41, 5.74) is -0.895. The molecule has 0 radical (unpaired) electrons. The van der Waals surface area contributed by atoms with Gasteiger partial charge in [0, 0.05) is 6.20 Å². The molecule has 8 heteroatoms. The Balaban J connectivity index is 1.65. The van der Waals surface area contributed by atoms with Gasteiger partial charge in [-0.3, -0.25) is 9.78 Å². The molecule has 2 heterocycles. The lowest BCUT2D eigenvalue weighted by atomic mass is 9.89. The maximum absolute atomic E-state index is 12.7. The Labute approximate surface area is 146 Å². The van der Waals surface area contributed by atoms with E-state index in [0.29, 0.717) is 12.2 Å². The highest BCUT2D eigenvalue weighted by molar-refractivity contribution is 5.83. The van der Waals surface area contributed by atoms with E-state index < -0.39 is 11.6 Å². The van der Waals surface area contributed by atoms with Crippen LogP contribution in [-0.4, -0.2) is 49.0 Å². The number of amides is 1. The van der Waals surface area contributed by atoms with Crippen molar-refractivity contribution in [1.29, 1.82) is 0 Å². The SMILES string of the molecule is CC(C)(C(=O)N[C@@H]1CCC[C@@H](Oc2cccnc2)[C@@H]1O)n1cncn1. The Kier molecular flexibility index (Phi) is 4.98. The second kappa shape index (κ2) is 7.18. The van der Waals surface area contributed by atoms with Gasteiger partial charge in [0.25, 0.3) is 0 Å². The third-order valence-electron chi connectivity index (χ3n) is 4.58. The largest absolute Gasteiger partial charge is 0.486 e. The molecule has 3 atom stereocenters. The summed E-state index contributed by atoms with van der Waals surface area (Å²) in [6.45, 7) is 3.52. The monoisotopic (exact) mass is 345 g/mol. The number of carbonyl (C=O) groups is 1. The Hall–Kier alpha value is -2.48. The molecule has 0 aromatic carbocycles. The number of nitrogens with one attached hydrogen (secondary N) is 1. The third-order valence-corrected chi connectivity index (χ3v) is 4.58. The summed E-state index contributed by atoms with van der Waals surface area (Å²) in [5, 5.41) is 17.6. The van der Waals surface area contributed by atoms with E-state index >= 15 is 0 Å². The average molecular weight is 345 g/mol. The lowest BCUT2D eigenvalue weighted by molar-refractivity contribution is -0.131. The van der Waals surface area contributed by atoms with Gasteiger partial charge in [-0.25, -0.2) is 9.67 Å². The van der Waals surface area contributed by atoms with Gasteiger partial charge >= 0.3 is 0 Å². The Morgan fingerprint density at radius 1 is 1.40 bits per heavy atom. The predicted octanol–water partition coefficient (Wildman–Crippen LogP) is 0.885. The van der Waals surface area contributed by atoms with E-state index in [1.807, 2.05) is 0 Å². The van der Waals surface area contributed by atoms with Gasteiger partial charge in [0.05, 0.1) is 12.2 Å². The van der Waals surface area contributed by atoms with Crippen LogP contribution in [0.4, 0.5) is 0 Å². The van der Waals surface area contributed by atoms with E-state index in [4.69, 9.17) is 4.74 Å². The van der Waals surface area contributed by atoms with Crippen LogP contribution in [0.15, 0.2) is 37.2 Å². The normalized spacial score (nSPS) is 23.9. The zero-order valence-electron chi connectivity index (χ0n) is 14.4. The molecule has 0 bridgehead atoms. The molecule has 1 amide bonds. The van der Waals surface area contributed by atoms with E-state index in [-0.39, 0.29) is 18.1 Å². The van der Waals surface area contributed by atoms with Crippen molar-refractivity contribution in [2.24, 2.45) is 0 Å². The maximum atomic E-state index is 12.7. The zero-order chi connectivity index (χ0) is 17.9. The number of aliphatic hydroxyl groups excluding tert-OH is 1. The summed E-state index contributed by atoms with van der Waals surface area (Å²) in [6, 6.07) is 3.21.